The van der Waals surface area contributed by atoms with Crippen LogP contribution in [0.5, 0.6) is 0 Å². The average molecular weight is 297 g/mol. The molecule has 1 atom stereocenters. The van der Waals surface area contributed by atoms with Crippen LogP contribution in [0.4, 0.5) is 5.69 Å². The second-order valence-corrected chi connectivity index (χ2v) is 8.00. The smallest absolute Gasteiger partial charge is 0.268 e. The minimum atomic E-state index is -2.89. The van der Waals surface area contributed by atoms with Gasteiger partial charge >= 0.3 is 0 Å². The number of carbonyl (C=O) groups is 1. The maximum atomic E-state index is 12.2. The fraction of sp³-hybridized carbons (Fsp3) is 0.615. The lowest BCUT2D eigenvalue weighted by Gasteiger charge is -2.11. The molecule has 3 rings (SSSR count). The first-order valence-corrected chi connectivity index (χ1v) is 8.73. The van der Waals surface area contributed by atoms with E-state index < -0.39 is 9.84 Å². The Morgan fingerprint density at radius 3 is 2.75 bits per heavy atom. The second-order valence-electron chi connectivity index (χ2n) is 5.78. The van der Waals surface area contributed by atoms with E-state index in [2.05, 4.69) is 5.32 Å². The molecule has 1 aromatic heterocycles. The van der Waals surface area contributed by atoms with Crippen molar-refractivity contribution in [3.8, 4) is 0 Å². The van der Waals surface area contributed by atoms with Crippen molar-refractivity contribution in [3.63, 3.8) is 0 Å². The molecule has 110 valence electrons. The molecule has 1 aromatic rings. The van der Waals surface area contributed by atoms with Crippen LogP contribution in [-0.4, -0.2) is 36.9 Å². The van der Waals surface area contributed by atoms with Gasteiger partial charge in [0.15, 0.2) is 9.84 Å². The van der Waals surface area contributed by atoms with Gasteiger partial charge < -0.3 is 15.6 Å². The summed E-state index contributed by atoms with van der Waals surface area (Å²) >= 11 is 0. The predicted molar refractivity (Wildman–Crippen MR) is 76.2 cm³/mol. The van der Waals surface area contributed by atoms with Crippen molar-refractivity contribution in [1.82, 2.24) is 9.88 Å². The minimum absolute atomic E-state index is 0.0330. The first-order chi connectivity index (χ1) is 9.44. The molecule has 2 fully saturated rings. The van der Waals surface area contributed by atoms with Crippen LogP contribution < -0.4 is 11.1 Å². The minimum Gasteiger partial charge on any atom is -0.397 e. The lowest BCUT2D eigenvalue weighted by molar-refractivity contribution is 0.0939. The zero-order valence-corrected chi connectivity index (χ0v) is 12.0. The number of aromatic nitrogens is 1. The van der Waals surface area contributed by atoms with E-state index in [0.717, 1.165) is 12.8 Å². The molecule has 0 aromatic carbocycles. The van der Waals surface area contributed by atoms with E-state index in [1.807, 2.05) is 4.57 Å². The van der Waals surface area contributed by atoms with Crippen LogP contribution in [0.15, 0.2) is 12.3 Å². The third kappa shape index (κ3) is 2.82. The van der Waals surface area contributed by atoms with Gasteiger partial charge in [-0.1, -0.05) is 0 Å². The molecule has 1 unspecified atom stereocenters. The van der Waals surface area contributed by atoms with Crippen molar-refractivity contribution < 1.29 is 13.2 Å². The second kappa shape index (κ2) is 4.80. The highest BCUT2D eigenvalue weighted by Crippen LogP contribution is 2.37. The lowest BCUT2D eigenvalue weighted by Crippen LogP contribution is -2.31. The van der Waals surface area contributed by atoms with Gasteiger partial charge in [0.05, 0.1) is 17.2 Å². The summed E-state index contributed by atoms with van der Waals surface area (Å²) in [6.07, 6.45) is 4.59. The fourth-order valence-corrected chi connectivity index (χ4v) is 4.56. The number of hydrogen-bond donors (Lipinski definition) is 2. The number of hydrogen-bond acceptors (Lipinski definition) is 4. The van der Waals surface area contributed by atoms with Gasteiger partial charge in [-0.15, -0.1) is 0 Å². The molecular formula is C13H19N3O3S. The number of rotatable bonds is 4. The van der Waals surface area contributed by atoms with Crippen molar-refractivity contribution in [2.75, 3.05) is 23.8 Å². The standard InChI is InChI=1S/C13H19N3O3S/c14-10-5-12(16(7-10)11-1-2-11)13(17)15-6-9-3-4-20(18,19)8-9/h5,7,9,11H,1-4,6,8,14H2,(H,15,17). The molecular weight excluding hydrogens is 278 g/mol. The van der Waals surface area contributed by atoms with Crippen molar-refractivity contribution in [2.24, 2.45) is 5.92 Å². The summed E-state index contributed by atoms with van der Waals surface area (Å²) in [6.45, 7) is 0.411. The first kappa shape index (κ1) is 13.5. The highest BCUT2D eigenvalue weighted by atomic mass is 32.2. The molecule has 20 heavy (non-hydrogen) atoms. The largest absolute Gasteiger partial charge is 0.397 e. The third-order valence-corrected chi connectivity index (χ3v) is 5.76. The van der Waals surface area contributed by atoms with Gasteiger partial charge in [-0.05, 0) is 31.2 Å². The molecule has 2 heterocycles. The summed E-state index contributed by atoms with van der Waals surface area (Å²) in [4.78, 5) is 12.2. The molecule has 1 aliphatic carbocycles. The Kier molecular flexibility index (Phi) is 3.24. The van der Waals surface area contributed by atoms with E-state index in [-0.39, 0.29) is 23.3 Å². The number of carbonyl (C=O) groups excluding carboxylic acids is 1. The van der Waals surface area contributed by atoms with Crippen LogP contribution in [0.2, 0.25) is 0 Å². The van der Waals surface area contributed by atoms with Crippen molar-refractivity contribution >= 4 is 21.4 Å². The van der Waals surface area contributed by atoms with E-state index in [0.29, 0.717) is 30.4 Å². The van der Waals surface area contributed by atoms with Gasteiger partial charge in [-0.2, -0.15) is 0 Å². The fourth-order valence-electron chi connectivity index (χ4n) is 2.70. The highest BCUT2D eigenvalue weighted by Gasteiger charge is 2.30. The summed E-state index contributed by atoms with van der Waals surface area (Å²) in [5.74, 6) is 0.279. The zero-order valence-electron chi connectivity index (χ0n) is 11.2. The Morgan fingerprint density at radius 2 is 2.15 bits per heavy atom. The molecule has 7 heteroatoms. The SMILES string of the molecule is Nc1cc(C(=O)NCC2CCS(=O)(=O)C2)n(C2CC2)c1. The average Bonchev–Trinajstić information content (AvgIpc) is 3.06. The molecule has 3 N–H and O–H groups in total. The topological polar surface area (TPSA) is 94.2 Å². The van der Waals surface area contributed by atoms with E-state index in [9.17, 15) is 13.2 Å². The van der Waals surface area contributed by atoms with Crippen molar-refractivity contribution in [3.05, 3.63) is 18.0 Å². The van der Waals surface area contributed by atoms with Crippen LogP contribution in [0.1, 0.15) is 35.8 Å². The van der Waals surface area contributed by atoms with Crippen LogP contribution in [0.3, 0.4) is 0 Å². The molecule has 2 aliphatic rings. The maximum Gasteiger partial charge on any atom is 0.268 e. The zero-order chi connectivity index (χ0) is 14.3. The van der Waals surface area contributed by atoms with Gasteiger partial charge in [-0.25, -0.2) is 8.42 Å². The number of nitrogens with zero attached hydrogens (tertiary/aromatic N) is 1. The molecule has 1 amide bonds. The van der Waals surface area contributed by atoms with Crippen LogP contribution in [0, 0.1) is 5.92 Å². The highest BCUT2D eigenvalue weighted by molar-refractivity contribution is 7.91. The monoisotopic (exact) mass is 297 g/mol. The molecule has 1 aliphatic heterocycles. The summed E-state index contributed by atoms with van der Waals surface area (Å²) in [7, 11) is -2.89. The van der Waals surface area contributed by atoms with Gasteiger partial charge in [0.1, 0.15) is 5.69 Å². The summed E-state index contributed by atoms with van der Waals surface area (Å²) in [6, 6.07) is 2.07. The molecule has 1 saturated carbocycles. The van der Waals surface area contributed by atoms with Crippen LogP contribution in [-0.2, 0) is 9.84 Å². The molecule has 6 nitrogen and oxygen atoms in total. The molecule has 0 radical (unpaired) electrons. The van der Waals surface area contributed by atoms with Gasteiger partial charge in [0.2, 0.25) is 0 Å². The Hall–Kier alpha value is -1.50. The Labute approximate surface area is 118 Å². The van der Waals surface area contributed by atoms with Gasteiger partial charge in [0, 0.05) is 18.8 Å². The molecule has 1 saturated heterocycles. The Morgan fingerprint density at radius 1 is 1.40 bits per heavy atom. The van der Waals surface area contributed by atoms with Crippen molar-refractivity contribution in [2.45, 2.75) is 25.3 Å². The van der Waals surface area contributed by atoms with E-state index >= 15 is 0 Å². The van der Waals surface area contributed by atoms with Gasteiger partial charge in [-0.3, -0.25) is 4.79 Å². The summed E-state index contributed by atoms with van der Waals surface area (Å²) in [5, 5.41) is 2.84. The van der Waals surface area contributed by atoms with E-state index in [1.54, 1.807) is 12.3 Å². The number of amides is 1. The number of nitrogen functional groups attached to an aromatic ring is 1. The predicted octanol–water partition coefficient (Wildman–Crippen LogP) is 0.570. The van der Waals surface area contributed by atoms with Crippen LogP contribution >= 0.6 is 0 Å². The first-order valence-electron chi connectivity index (χ1n) is 6.90. The maximum absolute atomic E-state index is 12.2. The van der Waals surface area contributed by atoms with E-state index in [4.69, 9.17) is 5.73 Å². The normalized spacial score (nSPS) is 24.7. The third-order valence-electron chi connectivity index (χ3n) is 3.92. The number of nitrogens with one attached hydrogen (secondary N) is 1. The lowest BCUT2D eigenvalue weighted by atomic mass is 10.1. The van der Waals surface area contributed by atoms with E-state index in [1.165, 1.54) is 0 Å². The Balaban J connectivity index is 1.62. The molecule has 0 spiro atoms. The van der Waals surface area contributed by atoms with Gasteiger partial charge in [0.25, 0.3) is 5.91 Å². The number of anilines is 1. The summed E-state index contributed by atoms with van der Waals surface area (Å²) < 4.78 is 24.7. The van der Waals surface area contributed by atoms with Crippen LogP contribution in [0.25, 0.3) is 0 Å². The quantitative estimate of drug-likeness (QED) is 0.849. The number of sulfone groups is 1. The van der Waals surface area contributed by atoms with Crippen molar-refractivity contribution in [1.29, 1.82) is 0 Å². The Bertz CT molecular complexity index is 631. The summed E-state index contributed by atoms with van der Waals surface area (Å²) in [5.41, 5.74) is 6.92. The number of nitrogens with two attached hydrogens (primary N) is 1. The molecule has 0 bridgehead atoms.